The number of ether oxygens (including phenoxy) is 3. The van der Waals surface area contributed by atoms with Crippen LogP contribution in [0.3, 0.4) is 0 Å². The Bertz CT molecular complexity index is 1780. The second-order valence-corrected chi connectivity index (χ2v) is 10.5. The van der Waals surface area contributed by atoms with E-state index in [-0.39, 0.29) is 28.8 Å². The van der Waals surface area contributed by atoms with E-state index in [1.54, 1.807) is 48.5 Å². The maximum atomic E-state index is 13.7. The van der Waals surface area contributed by atoms with Gasteiger partial charge in [-0.15, -0.1) is 0 Å². The van der Waals surface area contributed by atoms with Gasteiger partial charge in [-0.05, 0) is 48.7 Å². The third-order valence-electron chi connectivity index (χ3n) is 7.21. The van der Waals surface area contributed by atoms with E-state index in [0.717, 1.165) is 24.0 Å². The Kier molecular flexibility index (Phi) is 9.13. The summed E-state index contributed by atoms with van der Waals surface area (Å²) in [4.78, 5) is 52.8. The number of benzene rings is 3. The molecule has 1 aromatic heterocycles. The maximum absolute atomic E-state index is 13.7. The number of halogens is 1. The Morgan fingerprint density at radius 1 is 1.00 bits per heavy atom. The van der Waals surface area contributed by atoms with Crippen LogP contribution >= 0.6 is 11.6 Å². The molecule has 0 aliphatic carbocycles. The van der Waals surface area contributed by atoms with Crippen LogP contribution in [0, 0.1) is 0 Å². The molecule has 0 radical (unpaired) electrons. The number of anilines is 1. The number of carbonyl (C=O) groups excluding carboxylic acids is 2. The lowest BCUT2D eigenvalue weighted by Gasteiger charge is -2.16. The van der Waals surface area contributed by atoms with E-state index >= 15 is 0 Å². The first-order chi connectivity index (χ1) is 20.8. The first-order valence-electron chi connectivity index (χ1n) is 13.7. The Morgan fingerprint density at radius 2 is 1.74 bits per heavy atom. The van der Waals surface area contributed by atoms with Gasteiger partial charge in [-0.2, -0.15) is 0 Å². The molecule has 0 spiro atoms. The lowest BCUT2D eigenvalue weighted by molar-refractivity contribution is -0.121. The molecule has 0 unspecified atom stereocenters. The van der Waals surface area contributed by atoms with Gasteiger partial charge in [0.1, 0.15) is 18.0 Å². The van der Waals surface area contributed by atoms with Crippen LogP contribution < -0.4 is 31.4 Å². The van der Waals surface area contributed by atoms with E-state index in [4.69, 9.17) is 25.8 Å². The first kappa shape index (κ1) is 29.9. The van der Waals surface area contributed by atoms with Crippen molar-refractivity contribution in [2.75, 3.05) is 32.7 Å². The van der Waals surface area contributed by atoms with Crippen LogP contribution in [0.2, 0.25) is 5.02 Å². The Labute approximate surface area is 251 Å². The van der Waals surface area contributed by atoms with Crippen molar-refractivity contribution in [3.8, 4) is 17.2 Å². The first-order valence-corrected chi connectivity index (χ1v) is 14.1. The van der Waals surface area contributed by atoms with Crippen molar-refractivity contribution in [1.29, 1.82) is 0 Å². The summed E-state index contributed by atoms with van der Waals surface area (Å²) < 4.78 is 18.3. The molecule has 1 aliphatic heterocycles. The molecule has 0 bridgehead atoms. The molecule has 1 atom stereocenters. The quantitative estimate of drug-likeness (QED) is 0.283. The van der Waals surface area contributed by atoms with Gasteiger partial charge in [0.25, 0.3) is 5.56 Å². The summed E-state index contributed by atoms with van der Waals surface area (Å²) in [6.07, 6.45) is 2.11. The smallest absolute Gasteiger partial charge is 0.336 e. The summed E-state index contributed by atoms with van der Waals surface area (Å²) in [5.41, 5.74) is 0.405. The summed E-state index contributed by atoms with van der Waals surface area (Å²) >= 11 is 6.24. The van der Waals surface area contributed by atoms with Gasteiger partial charge in [-0.3, -0.25) is 19.0 Å². The largest absolute Gasteiger partial charge is 0.495 e. The molecule has 2 N–H and O–H groups in total. The van der Waals surface area contributed by atoms with Crippen LogP contribution in [0.5, 0.6) is 11.5 Å². The third kappa shape index (κ3) is 6.58. The molecule has 3 aromatic carbocycles. The second-order valence-electron chi connectivity index (χ2n) is 10.0. The number of methoxy groups -OCH3 is 2. The van der Waals surface area contributed by atoms with Gasteiger partial charge >= 0.3 is 5.69 Å². The predicted molar refractivity (Wildman–Crippen MR) is 163 cm³/mol. The molecule has 1 fully saturated rings. The number of fused-ring (bicyclic) bond motifs is 1. The van der Waals surface area contributed by atoms with Gasteiger partial charge in [0, 0.05) is 19.2 Å². The van der Waals surface area contributed by atoms with Crippen molar-refractivity contribution in [2.24, 2.45) is 0 Å². The molecule has 224 valence electrons. The Morgan fingerprint density at radius 3 is 2.44 bits per heavy atom. The number of hydrogen-bond acceptors (Lipinski definition) is 7. The lowest BCUT2D eigenvalue weighted by Crippen LogP contribution is -2.40. The highest BCUT2D eigenvalue weighted by Crippen LogP contribution is 2.35. The highest BCUT2D eigenvalue weighted by atomic mass is 35.5. The molecule has 2 amide bonds. The van der Waals surface area contributed by atoms with Crippen LogP contribution in [-0.4, -0.2) is 54.4 Å². The van der Waals surface area contributed by atoms with Crippen molar-refractivity contribution in [3.05, 3.63) is 92.1 Å². The zero-order valence-electron chi connectivity index (χ0n) is 23.7. The molecule has 0 saturated carbocycles. The molecule has 2 heterocycles. The van der Waals surface area contributed by atoms with E-state index in [9.17, 15) is 19.2 Å². The normalized spacial score (nSPS) is 14.4. The maximum Gasteiger partial charge on any atom is 0.336 e. The van der Waals surface area contributed by atoms with Gasteiger partial charge < -0.3 is 24.8 Å². The van der Waals surface area contributed by atoms with E-state index in [0.29, 0.717) is 40.5 Å². The van der Waals surface area contributed by atoms with Crippen molar-refractivity contribution < 1.29 is 23.8 Å². The molecule has 1 saturated heterocycles. The number of nitrogens with one attached hydrogen (secondary N) is 2. The molecule has 5 rings (SSSR count). The Balaban J connectivity index is 1.41. The second kappa shape index (κ2) is 13.1. The number of rotatable bonds is 10. The lowest BCUT2D eigenvalue weighted by atomic mass is 10.1. The average molecular weight is 607 g/mol. The van der Waals surface area contributed by atoms with Gasteiger partial charge in [0.15, 0.2) is 0 Å². The minimum absolute atomic E-state index is 0.0476. The van der Waals surface area contributed by atoms with Crippen LogP contribution in [0.4, 0.5) is 5.69 Å². The molecule has 1 aliphatic rings. The zero-order valence-corrected chi connectivity index (χ0v) is 24.5. The van der Waals surface area contributed by atoms with Crippen molar-refractivity contribution in [2.45, 2.75) is 31.9 Å². The molecular formula is C31H31ClN4O7. The topological polar surface area (TPSA) is 130 Å². The molecule has 43 heavy (non-hydrogen) atoms. The number of amides is 2. The standard InChI is InChI=1S/C31H31ClN4O7/c1-41-26-16-27(42-2)24(15-23(26)32)34-29(38)18-35-25-8-4-3-7-22(25)30(39)36(31(35)40)20-11-9-19(10-12-20)14-28(37)33-17-21-6-5-13-43-21/h3-4,7-12,15-16,21H,5-6,13-14,17-18H2,1-2H3,(H,33,37)(H,34,38)/t21-/m1/s1. The van der Waals surface area contributed by atoms with E-state index in [1.165, 1.54) is 30.9 Å². The molecule has 4 aromatic rings. The van der Waals surface area contributed by atoms with Gasteiger partial charge in [-0.1, -0.05) is 35.9 Å². The van der Waals surface area contributed by atoms with E-state index in [1.807, 2.05) is 0 Å². The monoisotopic (exact) mass is 606 g/mol. The van der Waals surface area contributed by atoms with Crippen molar-refractivity contribution in [1.82, 2.24) is 14.5 Å². The summed E-state index contributed by atoms with van der Waals surface area (Å²) in [6, 6.07) is 16.2. The van der Waals surface area contributed by atoms with E-state index < -0.39 is 23.7 Å². The summed E-state index contributed by atoms with van der Waals surface area (Å²) in [5, 5.41) is 6.13. The van der Waals surface area contributed by atoms with Gasteiger partial charge in [-0.25, -0.2) is 9.36 Å². The third-order valence-corrected chi connectivity index (χ3v) is 7.51. The average Bonchev–Trinajstić information content (AvgIpc) is 3.53. The molecule has 11 nitrogen and oxygen atoms in total. The fourth-order valence-electron chi connectivity index (χ4n) is 5.04. The molecule has 12 heteroatoms. The minimum atomic E-state index is -0.694. The highest BCUT2D eigenvalue weighted by Gasteiger charge is 2.19. The summed E-state index contributed by atoms with van der Waals surface area (Å²) in [7, 11) is 2.90. The fraction of sp³-hybridized carbons (Fsp3) is 0.290. The number of hydrogen-bond donors (Lipinski definition) is 2. The zero-order chi connectivity index (χ0) is 30.5. The highest BCUT2D eigenvalue weighted by molar-refractivity contribution is 6.32. The van der Waals surface area contributed by atoms with Crippen LogP contribution in [0.15, 0.2) is 70.3 Å². The Hall–Kier alpha value is -4.61. The number of nitrogens with zero attached hydrogens (tertiary/aromatic N) is 2. The summed E-state index contributed by atoms with van der Waals surface area (Å²) in [6.45, 7) is 0.791. The number of aromatic nitrogens is 2. The van der Waals surface area contributed by atoms with Crippen LogP contribution in [-0.2, 0) is 27.3 Å². The number of carbonyl (C=O) groups is 2. The van der Waals surface area contributed by atoms with Gasteiger partial charge in [0.2, 0.25) is 11.8 Å². The minimum Gasteiger partial charge on any atom is -0.495 e. The van der Waals surface area contributed by atoms with E-state index in [2.05, 4.69) is 10.6 Å². The number of para-hydroxylation sites is 1. The predicted octanol–water partition coefficient (Wildman–Crippen LogP) is 3.30. The SMILES string of the molecule is COc1cc(OC)c(NC(=O)Cn2c(=O)n(-c3ccc(CC(=O)NC[C@H]4CCCO4)cc3)c(=O)c3ccccc32)cc1Cl. The molecular weight excluding hydrogens is 576 g/mol. The fourth-order valence-corrected chi connectivity index (χ4v) is 5.28. The van der Waals surface area contributed by atoms with Crippen LogP contribution in [0.1, 0.15) is 18.4 Å². The van der Waals surface area contributed by atoms with Crippen LogP contribution in [0.25, 0.3) is 16.6 Å². The van der Waals surface area contributed by atoms with Crippen molar-refractivity contribution in [3.63, 3.8) is 0 Å². The summed E-state index contributed by atoms with van der Waals surface area (Å²) in [5.74, 6) is 0.00385. The van der Waals surface area contributed by atoms with Gasteiger partial charge in [0.05, 0.1) is 54.0 Å². The van der Waals surface area contributed by atoms with Crippen molar-refractivity contribution >= 4 is 40.0 Å².